The molecule has 63 valence electrons. The zero-order valence-electron chi connectivity index (χ0n) is 7.85. The standard InChI is InChI=1S/C12H15/c1-9(2)11-7-6-10-4-3-5-12(10)8-11/h6-8H,3-5H2,1-2H3. The summed E-state index contributed by atoms with van der Waals surface area (Å²) in [5.74, 6) is 1.42. The minimum absolute atomic E-state index is 1.29. The molecule has 0 saturated carbocycles. The van der Waals surface area contributed by atoms with Gasteiger partial charge in [-0.25, -0.2) is 0 Å². The van der Waals surface area contributed by atoms with Gasteiger partial charge in [-0.1, -0.05) is 32.0 Å². The fourth-order valence-electron chi connectivity index (χ4n) is 1.88. The normalized spacial score (nSPS) is 15.2. The Morgan fingerprint density at radius 1 is 1.08 bits per heavy atom. The van der Waals surface area contributed by atoms with Gasteiger partial charge in [-0.05, 0) is 41.9 Å². The van der Waals surface area contributed by atoms with E-state index in [1.165, 1.54) is 30.7 Å². The van der Waals surface area contributed by atoms with E-state index in [0.29, 0.717) is 0 Å². The number of rotatable bonds is 1. The first-order chi connectivity index (χ1) is 5.77. The van der Waals surface area contributed by atoms with Gasteiger partial charge in [-0.2, -0.15) is 0 Å². The molecule has 0 fully saturated rings. The van der Waals surface area contributed by atoms with E-state index in [1.54, 1.807) is 11.1 Å². The van der Waals surface area contributed by atoms with Gasteiger partial charge in [0, 0.05) is 0 Å². The molecule has 1 aliphatic carbocycles. The van der Waals surface area contributed by atoms with E-state index in [9.17, 15) is 0 Å². The first-order valence-electron chi connectivity index (χ1n) is 4.70. The molecule has 1 aliphatic rings. The Hall–Kier alpha value is -0.780. The van der Waals surface area contributed by atoms with E-state index in [4.69, 9.17) is 0 Å². The van der Waals surface area contributed by atoms with Gasteiger partial charge >= 0.3 is 0 Å². The quantitative estimate of drug-likeness (QED) is 0.590. The van der Waals surface area contributed by atoms with Crippen molar-refractivity contribution >= 4 is 0 Å². The molecule has 0 nitrogen and oxygen atoms in total. The number of aryl methyl sites for hydroxylation is 2. The Kier molecular flexibility index (Phi) is 1.92. The van der Waals surface area contributed by atoms with Crippen LogP contribution >= 0.6 is 0 Å². The summed E-state index contributed by atoms with van der Waals surface area (Å²) in [6.07, 6.45) is 3.93. The van der Waals surface area contributed by atoms with E-state index in [1.807, 2.05) is 0 Å². The second-order valence-corrected chi connectivity index (χ2v) is 3.84. The highest BCUT2D eigenvalue weighted by Gasteiger charge is 2.11. The molecular weight excluding hydrogens is 144 g/mol. The third kappa shape index (κ3) is 1.26. The van der Waals surface area contributed by atoms with Gasteiger partial charge in [0.05, 0.1) is 0 Å². The van der Waals surface area contributed by atoms with Gasteiger partial charge in [-0.3, -0.25) is 0 Å². The summed E-state index contributed by atoms with van der Waals surface area (Å²) in [7, 11) is 0. The van der Waals surface area contributed by atoms with Crippen LogP contribution in [0.25, 0.3) is 0 Å². The van der Waals surface area contributed by atoms with Gasteiger partial charge in [0.1, 0.15) is 0 Å². The molecule has 2 rings (SSSR count). The maximum Gasteiger partial charge on any atom is -0.00119 e. The molecule has 0 bridgehead atoms. The first-order valence-corrected chi connectivity index (χ1v) is 4.70. The molecule has 0 amide bonds. The van der Waals surface area contributed by atoms with E-state index in [0.717, 1.165) is 0 Å². The summed E-state index contributed by atoms with van der Waals surface area (Å²) < 4.78 is 0. The van der Waals surface area contributed by atoms with Gasteiger partial charge in [0.2, 0.25) is 0 Å². The summed E-state index contributed by atoms with van der Waals surface area (Å²) in [6, 6.07) is 6.90. The fourth-order valence-corrected chi connectivity index (χ4v) is 1.88. The number of hydrogen-bond donors (Lipinski definition) is 0. The van der Waals surface area contributed by atoms with Crippen molar-refractivity contribution < 1.29 is 0 Å². The second kappa shape index (κ2) is 2.93. The van der Waals surface area contributed by atoms with Crippen LogP contribution in [0.2, 0.25) is 0 Å². The number of benzene rings is 1. The predicted octanol–water partition coefficient (Wildman–Crippen LogP) is 3.14. The van der Waals surface area contributed by atoms with Crippen LogP contribution in [0.3, 0.4) is 0 Å². The van der Waals surface area contributed by atoms with Crippen molar-refractivity contribution in [3.8, 4) is 0 Å². The molecule has 0 heterocycles. The molecule has 1 radical (unpaired) electrons. The maximum absolute atomic E-state index is 2.36. The van der Waals surface area contributed by atoms with Crippen LogP contribution in [-0.2, 0) is 12.8 Å². The monoisotopic (exact) mass is 159 g/mol. The van der Waals surface area contributed by atoms with Crippen LogP contribution < -0.4 is 0 Å². The zero-order chi connectivity index (χ0) is 8.55. The molecule has 1 aromatic carbocycles. The highest BCUT2D eigenvalue weighted by atomic mass is 14.2. The van der Waals surface area contributed by atoms with Gasteiger partial charge in [0.15, 0.2) is 0 Å². The summed E-state index contributed by atoms with van der Waals surface area (Å²) in [6.45, 7) is 4.35. The maximum atomic E-state index is 2.36. The Morgan fingerprint density at radius 3 is 2.58 bits per heavy atom. The molecule has 0 aliphatic heterocycles. The van der Waals surface area contributed by atoms with Crippen molar-refractivity contribution in [3.05, 3.63) is 40.8 Å². The SMILES string of the molecule is C[C](C)c1ccc2c(c1)CCC2. The lowest BCUT2D eigenvalue weighted by Gasteiger charge is -2.06. The van der Waals surface area contributed by atoms with E-state index >= 15 is 0 Å². The highest BCUT2D eigenvalue weighted by molar-refractivity contribution is 5.39. The molecule has 0 atom stereocenters. The number of hydrogen-bond acceptors (Lipinski definition) is 0. The average Bonchev–Trinajstić information content (AvgIpc) is 2.49. The molecule has 0 N–H and O–H groups in total. The Labute approximate surface area is 74.6 Å². The summed E-state index contributed by atoms with van der Waals surface area (Å²) >= 11 is 0. The minimum atomic E-state index is 1.29. The lowest BCUT2D eigenvalue weighted by atomic mass is 9.99. The molecule has 1 aromatic rings. The van der Waals surface area contributed by atoms with Gasteiger partial charge < -0.3 is 0 Å². The fraction of sp³-hybridized carbons (Fsp3) is 0.417. The molecular formula is C12H15. The van der Waals surface area contributed by atoms with Gasteiger partial charge in [-0.15, -0.1) is 0 Å². The summed E-state index contributed by atoms with van der Waals surface area (Å²) in [4.78, 5) is 0. The minimum Gasteiger partial charge on any atom is -0.0585 e. The largest absolute Gasteiger partial charge is 0.0585 e. The molecule has 0 heteroatoms. The average molecular weight is 159 g/mol. The zero-order valence-corrected chi connectivity index (χ0v) is 7.85. The topological polar surface area (TPSA) is 0 Å². The lowest BCUT2D eigenvalue weighted by molar-refractivity contribution is 0.911. The second-order valence-electron chi connectivity index (χ2n) is 3.84. The molecule has 12 heavy (non-hydrogen) atoms. The van der Waals surface area contributed by atoms with E-state index in [2.05, 4.69) is 32.0 Å². The van der Waals surface area contributed by atoms with Crippen molar-refractivity contribution in [2.24, 2.45) is 0 Å². The van der Waals surface area contributed by atoms with Crippen LogP contribution in [0.15, 0.2) is 18.2 Å². The van der Waals surface area contributed by atoms with Crippen molar-refractivity contribution in [3.63, 3.8) is 0 Å². The first kappa shape index (κ1) is 7.85. The van der Waals surface area contributed by atoms with Crippen molar-refractivity contribution in [2.45, 2.75) is 33.1 Å². The van der Waals surface area contributed by atoms with Crippen molar-refractivity contribution in [2.75, 3.05) is 0 Å². The van der Waals surface area contributed by atoms with Crippen molar-refractivity contribution in [1.82, 2.24) is 0 Å². The van der Waals surface area contributed by atoms with Gasteiger partial charge in [0.25, 0.3) is 0 Å². The third-order valence-electron chi connectivity index (χ3n) is 2.68. The van der Waals surface area contributed by atoms with Crippen LogP contribution in [0.1, 0.15) is 37.0 Å². The highest BCUT2D eigenvalue weighted by Crippen LogP contribution is 2.25. The van der Waals surface area contributed by atoms with E-state index in [-0.39, 0.29) is 0 Å². The Balaban J connectivity index is 2.39. The summed E-state index contributed by atoms with van der Waals surface area (Å²) in [5, 5.41) is 0. The van der Waals surface area contributed by atoms with Crippen molar-refractivity contribution in [1.29, 1.82) is 0 Å². The molecule has 0 unspecified atom stereocenters. The van der Waals surface area contributed by atoms with Crippen LogP contribution in [0.5, 0.6) is 0 Å². The Morgan fingerprint density at radius 2 is 1.83 bits per heavy atom. The molecule has 0 aromatic heterocycles. The molecule has 0 saturated heterocycles. The van der Waals surface area contributed by atoms with Crippen LogP contribution in [-0.4, -0.2) is 0 Å². The predicted molar refractivity (Wildman–Crippen MR) is 52.2 cm³/mol. The smallest absolute Gasteiger partial charge is 0.00119 e. The lowest BCUT2D eigenvalue weighted by Crippen LogP contribution is -1.90. The van der Waals surface area contributed by atoms with Crippen LogP contribution in [0, 0.1) is 5.92 Å². The summed E-state index contributed by atoms with van der Waals surface area (Å²) in [5.41, 5.74) is 4.56. The van der Waals surface area contributed by atoms with Crippen LogP contribution in [0.4, 0.5) is 0 Å². The third-order valence-corrected chi connectivity index (χ3v) is 2.68. The molecule has 0 spiro atoms. The van der Waals surface area contributed by atoms with E-state index < -0.39 is 0 Å². The Bertz CT molecular complexity index is 284. The number of fused-ring (bicyclic) bond motifs is 1.